The highest BCUT2D eigenvalue weighted by Crippen LogP contribution is 2.24. The Morgan fingerprint density at radius 2 is 1.57 bits per heavy atom. The van der Waals surface area contributed by atoms with Gasteiger partial charge in [0.2, 0.25) is 0 Å². The van der Waals surface area contributed by atoms with Crippen molar-refractivity contribution in [1.82, 2.24) is 0 Å². The molecule has 0 radical (unpaired) electrons. The van der Waals surface area contributed by atoms with Gasteiger partial charge in [-0.25, -0.2) is 0 Å². The fraction of sp³-hybridized carbons (Fsp3) is 1.00. The van der Waals surface area contributed by atoms with Gasteiger partial charge in [0.05, 0.1) is 0 Å². The summed E-state index contributed by atoms with van der Waals surface area (Å²) in [6.45, 7) is 2.19. The van der Waals surface area contributed by atoms with Crippen LogP contribution in [0, 0.1) is 0 Å². The lowest BCUT2D eigenvalue weighted by Gasteiger charge is -2.00. The maximum Gasteiger partial charge on any atom is 0.537 e. The second kappa shape index (κ2) is 9.57. The maximum absolute atomic E-state index is 10.4. The predicted molar refractivity (Wildman–Crippen MR) is 58.4 cm³/mol. The fourth-order valence-corrected chi connectivity index (χ4v) is 1.80. The molecule has 14 heavy (non-hydrogen) atoms. The minimum atomic E-state index is -2.39. The Morgan fingerprint density at radius 3 is 2.07 bits per heavy atom. The SMILES string of the molecule is CCCCCCCCCC(O)[P+](=O)O. The van der Waals surface area contributed by atoms with Crippen LogP contribution < -0.4 is 0 Å². The van der Waals surface area contributed by atoms with Crippen molar-refractivity contribution in [2.45, 2.75) is 64.1 Å². The molecule has 2 unspecified atom stereocenters. The number of hydrogen-bond donors (Lipinski definition) is 2. The van der Waals surface area contributed by atoms with Crippen LogP contribution in [0.2, 0.25) is 0 Å². The largest absolute Gasteiger partial charge is 0.537 e. The van der Waals surface area contributed by atoms with Gasteiger partial charge in [0.15, 0.2) is 0 Å². The molecule has 3 nitrogen and oxygen atoms in total. The highest BCUT2D eigenvalue weighted by molar-refractivity contribution is 7.38. The summed E-state index contributed by atoms with van der Waals surface area (Å²) in [7, 11) is -2.39. The standard InChI is InChI=1S/C10H21O3P/c1-2-3-4-5-6-7-8-9-10(11)14(12)13/h10-11H,2-9H2,1H3/p+1. The first kappa shape index (κ1) is 14.0. The van der Waals surface area contributed by atoms with E-state index in [9.17, 15) is 4.57 Å². The Bertz CT molecular complexity index is 150. The zero-order valence-electron chi connectivity index (χ0n) is 8.98. The molecule has 4 heteroatoms. The molecule has 0 aromatic heterocycles. The summed E-state index contributed by atoms with van der Waals surface area (Å²) in [6.07, 6.45) is 8.63. The van der Waals surface area contributed by atoms with Gasteiger partial charge in [-0.3, -0.25) is 0 Å². The molecule has 0 heterocycles. The van der Waals surface area contributed by atoms with Gasteiger partial charge in [0.1, 0.15) is 0 Å². The van der Waals surface area contributed by atoms with Crippen LogP contribution in [0.4, 0.5) is 0 Å². The fourth-order valence-electron chi connectivity index (χ4n) is 1.39. The quantitative estimate of drug-likeness (QED) is 0.464. The van der Waals surface area contributed by atoms with Gasteiger partial charge in [-0.1, -0.05) is 45.4 Å². The molecule has 0 saturated carbocycles. The summed E-state index contributed by atoms with van der Waals surface area (Å²) in [5.74, 6) is -1.01. The Balaban J connectivity index is 3.09. The third-order valence-electron chi connectivity index (χ3n) is 2.32. The van der Waals surface area contributed by atoms with Gasteiger partial charge in [-0.2, -0.15) is 4.89 Å². The molecule has 0 aromatic rings. The highest BCUT2D eigenvalue weighted by Gasteiger charge is 2.24. The van der Waals surface area contributed by atoms with Gasteiger partial charge in [-0.15, -0.1) is 0 Å². The van der Waals surface area contributed by atoms with Gasteiger partial charge in [0, 0.05) is 6.42 Å². The van der Waals surface area contributed by atoms with Gasteiger partial charge in [0.25, 0.3) is 5.85 Å². The Morgan fingerprint density at radius 1 is 1.07 bits per heavy atom. The lowest BCUT2D eigenvalue weighted by atomic mass is 10.1. The van der Waals surface area contributed by atoms with Crippen LogP contribution >= 0.6 is 8.03 Å². The molecule has 0 rings (SSSR count). The van der Waals surface area contributed by atoms with Crippen LogP contribution in [0.3, 0.4) is 0 Å². The van der Waals surface area contributed by atoms with Gasteiger partial charge in [-0.05, 0) is 11.0 Å². The number of hydrogen-bond acceptors (Lipinski definition) is 2. The molecule has 0 spiro atoms. The third-order valence-corrected chi connectivity index (χ3v) is 3.09. The van der Waals surface area contributed by atoms with Gasteiger partial charge >= 0.3 is 8.03 Å². The molecule has 0 saturated heterocycles. The van der Waals surface area contributed by atoms with Crippen LogP contribution in [0.1, 0.15) is 58.3 Å². The molecule has 0 aliphatic rings. The second-order valence-electron chi connectivity index (χ2n) is 3.69. The van der Waals surface area contributed by atoms with Crippen molar-refractivity contribution in [2.75, 3.05) is 0 Å². The van der Waals surface area contributed by atoms with E-state index >= 15 is 0 Å². The lowest BCUT2D eigenvalue weighted by Crippen LogP contribution is -1.99. The molecule has 2 N–H and O–H groups in total. The van der Waals surface area contributed by atoms with E-state index in [2.05, 4.69) is 6.92 Å². The first-order valence-corrected chi connectivity index (χ1v) is 6.80. The number of aliphatic hydroxyl groups excluding tert-OH is 1. The zero-order chi connectivity index (χ0) is 10.8. The molecule has 0 aliphatic heterocycles. The predicted octanol–water partition coefficient (Wildman–Crippen LogP) is 3.18. The summed E-state index contributed by atoms with van der Waals surface area (Å²) in [5, 5.41) is 9.03. The lowest BCUT2D eigenvalue weighted by molar-refractivity contribution is 0.223. The monoisotopic (exact) mass is 221 g/mol. The van der Waals surface area contributed by atoms with Crippen LogP contribution in [0.25, 0.3) is 0 Å². The van der Waals surface area contributed by atoms with E-state index in [1.54, 1.807) is 0 Å². The number of unbranched alkanes of at least 4 members (excludes halogenated alkanes) is 6. The molecule has 0 bridgehead atoms. The van der Waals surface area contributed by atoms with Crippen molar-refractivity contribution in [3.63, 3.8) is 0 Å². The first-order valence-electron chi connectivity index (χ1n) is 5.51. The second-order valence-corrected chi connectivity index (χ2v) is 4.89. The minimum absolute atomic E-state index is 0.458. The van der Waals surface area contributed by atoms with E-state index in [1.807, 2.05) is 0 Å². The normalized spacial score (nSPS) is 14.1. The summed E-state index contributed by atoms with van der Waals surface area (Å²) in [6, 6.07) is 0. The Labute approximate surface area is 87.4 Å². The minimum Gasteiger partial charge on any atom is -0.349 e. The molecule has 0 aliphatic carbocycles. The molecule has 0 aromatic carbocycles. The van der Waals surface area contributed by atoms with E-state index in [0.29, 0.717) is 6.42 Å². The zero-order valence-corrected chi connectivity index (χ0v) is 9.88. The average molecular weight is 221 g/mol. The van der Waals surface area contributed by atoms with E-state index in [1.165, 1.54) is 32.1 Å². The summed E-state index contributed by atoms with van der Waals surface area (Å²) >= 11 is 0. The average Bonchev–Trinajstić information content (AvgIpc) is 2.16. The number of aliphatic hydroxyl groups is 1. The molecule has 0 amide bonds. The van der Waals surface area contributed by atoms with E-state index in [-0.39, 0.29) is 0 Å². The summed E-state index contributed by atoms with van der Waals surface area (Å²) in [4.78, 5) is 8.55. The third kappa shape index (κ3) is 8.61. The van der Waals surface area contributed by atoms with Crippen LogP contribution in [-0.4, -0.2) is 15.8 Å². The Hall–Kier alpha value is 0.0200. The van der Waals surface area contributed by atoms with Crippen molar-refractivity contribution in [3.05, 3.63) is 0 Å². The van der Waals surface area contributed by atoms with Crippen LogP contribution in [0.15, 0.2) is 0 Å². The van der Waals surface area contributed by atoms with Crippen LogP contribution in [0.5, 0.6) is 0 Å². The van der Waals surface area contributed by atoms with Gasteiger partial charge < -0.3 is 5.11 Å². The topological polar surface area (TPSA) is 57.5 Å². The molecular formula is C10H22O3P+. The molecular weight excluding hydrogens is 199 g/mol. The smallest absolute Gasteiger partial charge is 0.349 e. The highest BCUT2D eigenvalue weighted by atomic mass is 31.1. The Kier molecular flexibility index (Phi) is 9.58. The van der Waals surface area contributed by atoms with Crippen molar-refractivity contribution < 1.29 is 14.6 Å². The van der Waals surface area contributed by atoms with Crippen LogP contribution in [-0.2, 0) is 4.57 Å². The van der Waals surface area contributed by atoms with Crippen molar-refractivity contribution in [1.29, 1.82) is 0 Å². The summed E-state index contributed by atoms with van der Waals surface area (Å²) in [5.41, 5.74) is 0. The van der Waals surface area contributed by atoms with E-state index in [4.69, 9.17) is 10.00 Å². The molecule has 2 atom stereocenters. The van der Waals surface area contributed by atoms with E-state index in [0.717, 1.165) is 12.8 Å². The van der Waals surface area contributed by atoms with Crippen molar-refractivity contribution >= 4 is 8.03 Å². The molecule has 84 valence electrons. The molecule has 0 fully saturated rings. The summed E-state index contributed by atoms with van der Waals surface area (Å²) < 4.78 is 10.4. The van der Waals surface area contributed by atoms with Crippen molar-refractivity contribution in [3.8, 4) is 0 Å². The number of rotatable bonds is 9. The van der Waals surface area contributed by atoms with E-state index < -0.39 is 13.9 Å². The first-order chi connectivity index (χ1) is 6.68. The maximum atomic E-state index is 10.4. The van der Waals surface area contributed by atoms with Crippen molar-refractivity contribution in [2.24, 2.45) is 0 Å².